The van der Waals surface area contributed by atoms with Crippen LogP contribution in [-0.4, -0.2) is 210 Å². The summed E-state index contributed by atoms with van der Waals surface area (Å²) in [6.45, 7) is 22.0. The number of morpholine rings is 1. The van der Waals surface area contributed by atoms with Crippen molar-refractivity contribution in [3.05, 3.63) is 233 Å². The Bertz CT molecular complexity index is 4020. The van der Waals surface area contributed by atoms with Crippen LogP contribution in [0.5, 0.6) is 5.75 Å². The molecule has 106 heavy (non-hydrogen) atoms. The van der Waals surface area contributed by atoms with E-state index in [1.54, 1.807) is 79.3 Å². The highest BCUT2D eigenvalue weighted by Crippen LogP contribution is 2.24. The van der Waals surface area contributed by atoms with E-state index < -0.39 is 6.23 Å². The van der Waals surface area contributed by atoms with Crippen molar-refractivity contribution in [3.63, 3.8) is 0 Å². The molecule has 4 aliphatic heterocycles. The Labute approximate surface area is 633 Å². The molecule has 3 atom stereocenters. The molecule has 4 aliphatic rings. The average molecular weight is 1520 g/mol. The van der Waals surface area contributed by atoms with E-state index in [1.165, 1.54) is 53.7 Å². The number of imidazole rings is 2. The van der Waals surface area contributed by atoms with E-state index in [-0.39, 0.29) is 35.9 Å². The Morgan fingerprint density at radius 3 is 1.48 bits per heavy atom. The predicted octanol–water partition coefficient (Wildman–Crippen LogP) is 10.8. The van der Waals surface area contributed by atoms with Crippen molar-refractivity contribution in [2.24, 2.45) is 49.3 Å². The SMILES string of the molecule is CC1=CN(C)C(c2ccccc2)N1.CC1C(=O)N(C)C(=O)N1C.CCN1C(=O)N(C)C(=O)C1Oc1ccccc1.CN1CCOCC1.COC(=O)c1cccn1C.Cc1cc(C)n(C)n1.Cc1ccnn1C.Cc1nccn1C.Cc1nccn1C.Cc1nn(C)cc1Br.Cn1ccc(-c2ccccc2)n1. The molecule has 7 aromatic heterocycles. The third-order valence-corrected chi connectivity index (χ3v) is 17.3. The largest absolute Gasteiger partial charge is 0.464 e. The highest BCUT2D eigenvalue weighted by molar-refractivity contribution is 9.10. The van der Waals surface area contributed by atoms with Crippen LogP contribution in [-0.2, 0) is 68.4 Å². The summed E-state index contributed by atoms with van der Waals surface area (Å²) in [6.07, 6.45) is 16.5. The highest BCUT2D eigenvalue weighted by Gasteiger charge is 2.44. The zero-order valence-corrected chi connectivity index (χ0v) is 67.2. The summed E-state index contributed by atoms with van der Waals surface area (Å²) in [4.78, 5) is 73.8. The van der Waals surface area contributed by atoms with E-state index in [2.05, 4.69) is 136 Å². The van der Waals surface area contributed by atoms with E-state index in [1.807, 2.05) is 193 Å². The Morgan fingerprint density at radius 1 is 0.604 bits per heavy atom. The van der Waals surface area contributed by atoms with Gasteiger partial charge in [-0.3, -0.25) is 43.0 Å². The third-order valence-electron chi connectivity index (χ3n) is 16.6. The second-order valence-electron chi connectivity index (χ2n) is 24.9. The maximum Gasteiger partial charge on any atom is 0.354 e. The number of para-hydroxylation sites is 1. The number of esters is 1. The van der Waals surface area contributed by atoms with E-state index in [4.69, 9.17) is 9.47 Å². The molecule has 11 heterocycles. The van der Waals surface area contributed by atoms with E-state index in [9.17, 15) is 24.0 Å². The molecule has 3 saturated heterocycles. The highest BCUT2D eigenvalue weighted by atomic mass is 79.9. The van der Waals surface area contributed by atoms with Gasteiger partial charge in [-0.15, -0.1) is 0 Å². The van der Waals surface area contributed by atoms with Gasteiger partial charge in [-0.1, -0.05) is 78.9 Å². The van der Waals surface area contributed by atoms with Crippen LogP contribution in [0.25, 0.3) is 11.3 Å². The van der Waals surface area contributed by atoms with Crippen molar-refractivity contribution >= 4 is 45.8 Å². The van der Waals surface area contributed by atoms with Crippen LogP contribution in [0.2, 0.25) is 0 Å². The minimum atomic E-state index is -0.847. The number of nitrogens with zero attached hydrogens (tertiary/aromatic N) is 19. The summed E-state index contributed by atoms with van der Waals surface area (Å²) in [5.74, 6) is 1.92. The number of carbonyl (C=O) groups is 5. The number of methoxy groups -OCH3 is 1. The monoisotopic (exact) mass is 1520 g/mol. The Balaban J connectivity index is 0.000000250. The van der Waals surface area contributed by atoms with Gasteiger partial charge in [0.15, 0.2) is 0 Å². The van der Waals surface area contributed by atoms with Gasteiger partial charge < -0.3 is 47.9 Å². The van der Waals surface area contributed by atoms with E-state index in [0.717, 1.165) is 74.9 Å². The summed E-state index contributed by atoms with van der Waals surface area (Å²) in [5.41, 5.74) is 9.81. The number of carbonyl (C=O) groups excluding carboxylic acids is 5. The molecule has 3 aromatic carbocycles. The average Bonchev–Trinajstić information content (AvgIpc) is 1.66. The Kier molecular flexibility index (Phi) is 36.9. The molecule has 572 valence electrons. The van der Waals surface area contributed by atoms with Crippen LogP contribution in [0.15, 0.2) is 187 Å². The molecule has 29 heteroatoms. The maximum absolute atomic E-state index is 11.8. The Morgan fingerprint density at radius 2 is 1.17 bits per heavy atom. The molecule has 0 aliphatic carbocycles. The lowest BCUT2D eigenvalue weighted by Crippen LogP contribution is -2.39. The number of hydrogen-bond donors (Lipinski definition) is 1. The molecule has 0 bridgehead atoms. The van der Waals surface area contributed by atoms with Gasteiger partial charge in [0.2, 0.25) is 0 Å². The molecule has 6 amide bonds. The fourth-order valence-corrected chi connectivity index (χ4v) is 9.98. The maximum atomic E-state index is 11.8. The quantitative estimate of drug-likeness (QED) is 0.120. The zero-order chi connectivity index (χ0) is 78.7. The second-order valence-corrected chi connectivity index (χ2v) is 25.7. The summed E-state index contributed by atoms with van der Waals surface area (Å²) in [6, 6.07) is 38.3. The molecule has 0 radical (unpaired) electrons. The predicted molar refractivity (Wildman–Crippen MR) is 417 cm³/mol. The minimum absolute atomic E-state index is 0.132. The normalized spacial score (nSPS) is 15.4. The van der Waals surface area contributed by atoms with E-state index >= 15 is 0 Å². The van der Waals surface area contributed by atoms with Gasteiger partial charge in [0, 0.05) is 176 Å². The molecule has 3 fully saturated rings. The lowest BCUT2D eigenvalue weighted by atomic mass is 10.2. The topological polar surface area (TPSA) is 256 Å². The number of aryl methyl sites for hydroxylation is 13. The number of hydrogen-bond acceptors (Lipinski definition) is 17. The number of likely N-dealkylation sites (N-methyl/N-ethyl adjacent to an activating group) is 5. The van der Waals surface area contributed by atoms with Crippen LogP contribution in [0.1, 0.15) is 77.4 Å². The van der Waals surface area contributed by atoms with Crippen LogP contribution >= 0.6 is 15.9 Å². The molecule has 0 spiro atoms. The van der Waals surface area contributed by atoms with Gasteiger partial charge in [-0.2, -0.15) is 20.4 Å². The van der Waals surface area contributed by atoms with Crippen molar-refractivity contribution in [2.45, 2.75) is 80.7 Å². The van der Waals surface area contributed by atoms with Crippen molar-refractivity contribution in [1.29, 1.82) is 0 Å². The third kappa shape index (κ3) is 28.6. The van der Waals surface area contributed by atoms with Gasteiger partial charge in [0.1, 0.15) is 35.3 Å². The summed E-state index contributed by atoms with van der Waals surface area (Å²) < 4.78 is 29.2. The number of amides is 6. The molecular formula is C77H109BrN20O8. The number of aromatic nitrogens is 13. The van der Waals surface area contributed by atoms with Gasteiger partial charge in [0.25, 0.3) is 18.0 Å². The van der Waals surface area contributed by atoms with Crippen molar-refractivity contribution in [2.75, 3.05) is 75.2 Å². The van der Waals surface area contributed by atoms with Crippen molar-refractivity contribution in [3.8, 4) is 17.0 Å². The summed E-state index contributed by atoms with van der Waals surface area (Å²) in [5, 5.41) is 19.8. The minimum Gasteiger partial charge on any atom is -0.464 e. The van der Waals surface area contributed by atoms with Crippen LogP contribution in [0, 0.1) is 41.5 Å². The van der Waals surface area contributed by atoms with Crippen LogP contribution < -0.4 is 10.1 Å². The van der Waals surface area contributed by atoms with Crippen LogP contribution in [0.3, 0.4) is 0 Å². The number of benzene rings is 3. The molecular weight excluding hydrogens is 1410 g/mol. The fraction of sp³-hybridized carbons (Fsp3) is 0.390. The smallest absolute Gasteiger partial charge is 0.354 e. The van der Waals surface area contributed by atoms with Gasteiger partial charge in [-0.25, -0.2) is 24.4 Å². The fourth-order valence-electron chi connectivity index (χ4n) is 9.60. The molecule has 10 aromatic rings. The van der Waals surface area contributed by atoms with Crippen molar-refractivity contribution in [1.82, 2.24) is 97.5 Å². The van der Waals surface area contributed by atoms with Gasteiger partial charge in [-0.05, 0) is 133 Å². The van der Waals surface area contributed by atoms with Gasteiger partial charge >= 0.3 is 18.0 Å². The molecule has 14 rings (SSSR count). The number of ether oxygens (including phenoxy) is 3. The number of imide groups is 2. The van der Waals surface area contributed by atoms with Crippen molar-refractivity contribution < 1.29 is 38.2 Å². The van der Waals surface area contributed by atoms with E-state index in [0.29, 0.717) is 24.2 Å². The number of halogens is 1. The standard InChI is InChI=1S/C12H14N2O3.C11H14N2.C10H10N2.C7H9NO2.C6H10N2O2.C6H10N2.C5H7BrN2.3C5H8N2.C5H11NO/c1-3-14-11(10(15)13(2)12(14)16)17-9-7-5-4-6-8-9;1-9-8-13(2)11(12-9)10-6-4-3-5-7-10;1-12-8-7-10(11-12)9-5-3-2-4-6-9;1-8-5-3-4-6(8)7(9)10-2;1-4-5(9)8(3)6(10)7(4)2;1-5-4-6(2)8(3)7-5;1-4-5(6)3-8(2)7-4;2*1-5-6-3-4-7(5)2;1-5-3-4-6-7(5)2;1-6-2-4-7-5-3-6/h4-8,11H,3H2,1-2H3;3-8,11-12H,1-2H3;2-8H,1H3;3-5H,1-2H3;4H,1-3H3;4H,1-3H3;3H,1-2H3;3*3-4H,1-2H3;2-5H2,1H3. The number of nitrogens with one attached hydrogen (secondary N) is 1. The molecule has 28 nitrogen and oxygen atoms in total. The lowest BCUT2D eigenvalue weighted by molar-refractivity contribution is -0.134. The lowest BCUT2D eigenvalue weighted by Gasteiger charge is -2.21. The number of allylic oxidation sites excluding steroid dienone is 1. The van der Waals surface area contributed by atoms with Gasteiger partial charge in [0.05, 0.1) is 41.9 Å². The molecule has 0 saturated carbocycles. The first-order valence-electron chi connectivity index (χ1n) is 34.3. The molecule has 3 unspecified atom stereocenters. The zero-order valence-electron chi connectivity index (χ0n) is 65.7. The number of urea groups is 2. The first-order chi connectivity index (χ1) is 50.3. The number of rotatable bonds is 6. The summed E-state index contributed by atoms with van der Waals surface area (Å²) >= 11 is 3.33. The second kappa shape index (κ2) is 44.7. The molecule has 1 N–H and O–H groups in total. The summed E-state index contributed by atoms with van der Waals surface area (Å²) in [7, 11) is 23.6. The van der Waals surface area contributed by atoms with Crippen LogP contribution in [0.4, 0.5) is 9.59 Å². The Hall–Kier alpha value is -10.9. The first-order valence-corrected chi connectivity index (χ1v) is 35.1. The first kappa shape index (κ1) is 87.5.